The molecule has 0 fully saturated rings. The van der Waals surface area contributed by atoms with Crippen molar-refractivity contribution in [3.63, 3.8) is 0 Å². The van der Waals surface area contributed by atoms with E-state index in [1.807, 2.05) is 6.07 Å². The Bertz CT molecular complexity index is 426. The van der Waals surface area contributed by atoms with Gasteiger partial charge in [-0.15, -0.1) is 0 Å². The second-order valence-electron chi connectivity index (χ2n) is 2.08. The van der Waals surface area contributed by atoms with E-state index in [2.05, 4.69) is 14.0 Å². The fourth-order valence-corrected chi connectivity index (χ4v) is 1.94. The molecule has 52 valence electrons. The van der Waals surface area contributed by atoms with Crippen LogP contribution in [0.4, 0.5) is 0 Å². The van der Waals surface area contributed by atoms with E-state index in [4.69, 9.17) is 5.26 Å². The second-order valence-corrected chi connectivity index (χ2v) is 3.19. The summed E-state index contributed by atoms with van der Waals surface area (Å²) < 4.78 is 8.31. The van der Waals surface area contributed by atoms with E-state index in [0.717, 1.165) is 11.0 Å². The first kappa shape index (κ1) is 6.53. The summed E-state index contributed by atoms with van der Waals surface area (Å²) in [6, 6.07) is 7.44. The van der Waals surface area contributed by atoms with Crippen molar-refractivity contribution in [1.29, 1.82) is 5.26 Å². The Morgan fingerprint density at radius 1 is 1.27 bits per heavy atom. The van der Waals surface area contributed by atoms with Crippen LogP contribution in [0.25, 0.3) is 11.0 Å². The number of rotatable bonds is 0. The zero-order chi connectivity index (χ0) is 7.68. The quantitative estimate of drug-likeness (QED) is 0.594. The first-order chi connectivity index (χ1) is 5.40. The third-order valence-electron chi connectivity index (χ3n) is 1.38. The van der Waals surface area contributed by atoms with Gasteiger partial charge >= 0.3 is 69.0 Å². The Balaban J connectivity index is 2.79. The Labute approximate surface area is 69.5 Å². The van der Waals surface area contributed by atoms with Crippen molar-refractivity contribution >= 4 is 26.0 Å². The van der Waals surface area contributed by atoms with Crippen LogP contribution in [0, 0.1) is 11.3 Å². The molecule has 0 amide bonds. The molecule has 2 aromatic rings. The molecule has 0 saturated heterocycles. The van der Waals surface area contributed by atoms with Crippen molar-refractivity contribution in [2.45, 2.75) is 0 Å². The van der Waals surface area contributed by atoms with Crippen molar-refractivity contribution in [3.05, 3.63) is 23.8 Å². The van der Waals surface area contributed by atoms with E-state index in [1.54, 1.807) is 12.1 Å². The van der Waals surface area contributed by atoms with Gasteiger partial charge in [0, 0.05) is 0 Å². The number of nitrogens with zero attached hydrogens (tertiary/aromatic N) is 3. The SMILES string of the molecule is N#Cc1ccc2n[se]nc2c1. The molecular weight excluding hydrogens is 205 g/mol. The van der Waals surface area contributed by atoms with E-state index >= 15 is 0 Å². The molecule has 0 N–H and O–H groups in total. The molecule has 0 bridgehead atoms. The first-order valence-electron chi connectivity index (χ1n) is 3.02. The summed E-state index contributed by atoms with van der Waals surface area (Å²) in [5.41, 5.74) is 2.44. The molecule has 1 aromatic heterocycles. The summed E-state index contributed by atoms with van der Waals surface area (Å²) in [7, 11) is 0. The molecule has 1 aromatic carbocycles. The van der Waals surface area contributed by atoms with Gasteiger partial charge in [-0.3, -0.25) is 0 Å². The normalized spacial score (nSPS) is 9.73. The number of benzene rings is 1. The molecule has 0 aliphatic rings. The van der Waals surface area contributed by atoms with Gasteiger partial charge in [0.2, 0.25) is 0 Å². The fourth-order valence-electron chi connectivity index (χ4n) is 0.852. The average Bonchev–Trinajstić information content (AvgIpc) is 2.50. The molecule has 0 saturated carbocycles. The van der Waals surface area contributed by atoms with Gasteiger partial charge in [-0.25, -0.2) is 0 Å². The van der Waals surface area contributed by atoms with Crippen LogP contribution in [0.5, 0.6) is 0 Å². The van der Waals surface area contributed by atoms with Gasteiger partial charge in [0.25, 0.3) is 0 Å². The van der Waals surface area contributed by atoms with Crippen LogP contribution < -0.4 is 0 Å². The van der Waals surface area contributed by atoms with Crippen LogP contribution in [0.15, 0.2) is 18.2 Å². The van der Waals surface area contributed by atoms with Gasteiger partial charge < -0.3 is 0 Å². The summed E-state index contributed by atoms with van der Waals surface area (Å²) in [6.45, 7) is 0. The first-order valence-corrected chi connectivity index (χ1v) is 4.56. The van der Waals surface area contributed by atoms with Gasteiger partial charge in [0.05, 0.1) is 0 Å². The molecule has 0 unspecified atom stereocenters. The van der Waals surface area contributed by atoms with Crippen LogP contribution in [0.3, 0.4) is 0 Å². The van der Waals surface area contributed by atoms with Crippen LogP contribution in [0.1, 0.15) is 5.56 Å². The third-order valence-corrected chi connectivity index (χ3v) is 2.55. The van der Waals surface area contributed by atoms with E-state index < -0.39 is 0 Å². The molecule has 0 atom stereocenters. The summed E-state index contributed by atoms with van der Waals surface area (Å²) in [4.78, 5) is 0. The van der Waals surface area contributed by atoms with Crippen LogP contribution >= 0.6 is 0 Å². The molecule has 4 heteroatoms. The van der Waals surface area contributed by atoms with Crippen molar-refractivity contribution in [3.8, 4) is 6.07 Å². The Kier molecular flexibility index (Phi) is 1.46. The predicted molar refractivity (Wildman–Crippen MR) is 41.2 cm³/mol. The number of fused-ring (bicyclic) bond motifs is 1. The second kappa shape index (κ2) is 2.46. The molecule has 0 aliphatic heterocycles. The monoisotopic (exact) mass is 209 g/mol. The van der Waals surface area contributed by atoms with Crippen molar-refractivity contribution in [2.75, 3.05) is 0 Å². The van der Waals surface area contributed by atoms with Crippen molar-refractivity contribution in [2.24, 2.45) is 0 Å². The molecule has 0 aliphatic carbocycles. The summed E-state index contributed by atoms with van der Waals surface area (Å²) in [6.07, 6.45) is 0. The van der Waals surface area contributed by atoms with Crippen molar-refractivity contribution in [1.82, 2.24) is 7.96 Å². The maximum atomic E-state index is 8.55. The van der Waals surface area contributed by atoms with Crippen LogP contribution in [-0.4, -0.2) is 22.9 Å². The molecule has 2 rings (SSSR count). The predicted octanol–water partition coefficient (Wildman–Crippen LogP) is 0.558. The Hall–Kier alpha value is -1.17. The van der Waals surface area contributed by atoms with Gasteiger partial charge in [-0.05, 0) is 0 Å². The third kappa shape index (κ3) is 1.05. The van der Waals surface area contributed by atoms with Gasteiger partial charge in [-0.1, -0.05) is 0 Å². The van der Waals surface area contributed by atoms with Crippen molar-refractivity contribution < 1.29 is 0 Å². The number of nitriles is 1. The van der Waals surface area contributed by atoms with E-state index in [-0.39, 0.29) is 15.0 Å². The number of aromatic nitrogens is 2. The van der Waals surface area contributed by atoms with Gasteiger partial charge in [-0.2, -0.15) is 0 Å². The van der Waals surface area contributed by atoms with Gasteiger partial charge in [0.1, 0.15) is 0 Å². The minimum atomic E-state index is 0.0103. The molecular formula is C7H3N3Se. The van der Waals surface area contributed by atoms with E-state index in [1.165, 1.54) is 0 Å². The zero-order valence-electron chi connectivity index (χ0n) is 5.48. The average molecular weight is 208 g/mol. The molecule has 0 spiro atoms. The van der Waals surface area contributed by atoms with E-state index in [9.17, 15) is 0 Å². The standard InChI is InChI=1S/C7H3N3Se/c8-4-5-1-2-6-7(3-5)10-11-9-6/h1-3H. The molecule has 0 radical (unpaired) electrons. The minimum absolute atomic E-state index is 0.0103. The summed E-state index contributed by atoms with van der Waals surface area (Å²) in [5.74, 6) is 0. The van der Waals surface area contributed by atoms with E-state index in [0.29, 0.717) is 5.56 Å². The fraction of sp³-hybridized carbons (Fsp3) is 0. The zero-order valence-corrected chi connectivity index (χ0v) is 7.20. The number of hydrogen-bond acceptors (Lipinski definition) is 3. The molecule has 1 heterocycles. The molecule has 3 nitrogen and oxygen atoms in total. The Morgan fingerprint density at radius 2 is 2.09 bits per heavy atom. The maximum absolute atomic E-state index is 8.55. The summed E-state index contributed by atoms with van der Waals surface area (Å²) >= 11 is 0.0103. The van der Waals surface area contributed by atoms with Crippen LogP contribution in [-0.2, 0) is 0 Å². The van der Waals surface area contributed by atoms with Gasteiger partial charge in [0.15, 0.2) is 0 Å². The molecule has 11 heavy (non-hydrogen) atoms. The topological polar surface area (TPSA) is 49.6 Å². The van der Waals surface area contributed by atoms with Crippen LogP contribution in [0.2, 0.25) is 0 Å². The summed E-state index contributed by atoms with van der Waals surface area (Å²) in [5, 5.41) is 8.55. The number of hydrogen-bond donors (Lipinski definition) is 0. The Morgan fingerprint density at radius 3 is 2.91 bits per heavy atom.